The minimum Gasteiger partial charge on any atom is -0.489 e. The summed E-state index contributed by atoms with van der Waals surface area (Å²) in [5, 5.41) is 5.16. The standard InChI is InChI=1S/C25H24N2O7S2/c1-32-21(28)11-10-19(24(31)33-2)26-22(29)17-8-6-15(7-9-17)14-34-18-5-3-4-16(12-18)13-20-23(30)27-25(35)36-20/h3-9,12-13,19H,10-11,14H2,1-2H3,(H,26,29)(H,27,30,35)/b20-13-/t19-/m1/s1. The van der Waals surface area contributed by atoms with Gasteiger partial charge in [-0.1, -0.05) is 48.2 Å². The Kier molecular flexibility index (Phi) is 9.60. The van der Waals surface area contributed by atoms with Crippen LogP contribution in [-0.2, 0) is 30.5 Å². The monoisotopic (exact) mass is 528 g/mol. The summed E-state index contributed by atoms with van der Waals surface area (Å²) < 4.78 is 15.6. The van der Waals surface area contributed by atoms with Crippen LogP contribution < -0.4 is 15.4 Å². The highest BCUT2D eigenvalue weighted by molar-refractivity contribution is 8.26. The Morgan fingerprint density at radius 1 is 1.11 bits per heavy atom. The van der Waals surface area contributed by atoms with Crippen molar-refractivity contribution in [1.29, 1.82) is 0 Å². The van der Waals surface area contributed by atoms with Gasteiger partial charge in [-0.2, -0.15) is 0 Å². The first-order valence-electron chi connectivity index (χ1n) is 10.8. The predicted octanol–water partition coefficient (Wildman–Crippen LogP) is 2.98. The van der Waals surface area contributed by atoms with Crippen molar-refractivity contribution in [2.24, 2.45) is 0 Å². The van der Waals surface area contributed by atoms with Crippen LogP contribution in [0.3, 0.4) is 0 Å². The number of esters is 2. The maximum absolute atomic E-state index is 12.6. The van der Waals surface area contributed by atoms with Crippen LogP contribution in [0.5, 0.6) is 5.75 Å². The Labute approximate surface area is 217 Å². The number of carbonyl (C=O) groups is 4. The van der Waals surface area contributed by atoms with Crippen molar-refractivity contribution in [2.45, 2.75) is 25.5 Å². The summed E-state index contributed by atoms with van der Waals surface area (Å²) >= 11 is 6.21. The van der Waals surface area contributed by atoms with E-state index in [1.807, 2.05) is 18.2 Å². The molecule has 188 valence electrons. The first-order valence-corrected chi connectivity index (χ1v) is 12.0. The second kappa shape index (κ2) is 12.8. The van der Waals surface area contributed by atoms with Gasteiger partial charge in [0.05, 0.1) is 19.1 Å². The van der Waals surface area contributed by atoms with Crippen molar-refractivity contribution >= 4 is 58.1 Å². The van der Waals surface area contributed by atoms with E-state index >= 15 is 0 Å². The lowest BCUT2D eigenvalue weighted by Gasteiger charge is -2.16. The predicted molar refractivity (Wildman–Crippen MR) is 138 cm³/mol. The van der Waals surface area contributed by atoms with Gasteiger partial charge in [0.2, 0.25) is 0 Å². The molecule has 0 saturated carbocycles. The van der Waals surface area contributed by atoms with Gasteiger partial charge >= 0.3 is 11.9 Å². The van der Waals surface area contributed by atoms with Crippen molar-refractivity contribution in [3.8, 4) is 5.75 Å². The quantitative estimate of drug-likeness (QED) is 0.272. The number of hydrogen-bond donors (Lipinski definition) is 2. The van der Waals surface area contributed by atoms with Crippen LogP contribution in [0.15, 0.2) is 53.4 Å². The summed E-state index contributed by atoms with van der Waals surface area (Å²) in [5.41, 5.74) is 1.96. The van der Waals surface area contributed by atoms with Gasteiger partial charge in [-0.25, -0.2) is 4.79 Å². The van der Waals surface area contributed by atoms with Crippen molar-refractivity contribution in [2.75, 3.05) is 14.2 Å². The van der Waals surface area contributed by atoms with Crippen molar-refractivity contribution in [3.63, 3.8) is 0 Å². The topological polar surface area (TPSA) is 120 Å². The molecule has 1 aliphatic heterocycles. The summed E-state index contributed by atoms with van der Waals surface area (Å²) in [6, 6.07) is 13.0. The number of amides is 2. The minimum atomic E-state index is -0.976. The highest BCUT2D eigenvalue weighted by Crippen LogP contribution is 2.27. The number of hydrogen-bond acceptors (Lipinski definition) is 9. The number of thioether (sulfide) groups is 1. The molecule has 1 aliphatic rings. The number of thiocarbonyl (C=S) groups is 1. The number of ether oxygens (including phenoxy) is 3. The number of carbonyl (C=O) groups excluding carboxylic acids is 4. The van der Waals surface area contributed by atoms with E-state index < -0.39 is 23.9 Å². The summed E-state index contributed by atoms with van der Waals surface area (Å²) in [6.45, 7) is 0.255. The molecule has 0 radical (unpaired) electrons. The van der Waals surface area contributed by atoms with Crippen LogP contribution in [0.25, 0.3) is 6.08 Å². The van der Waals surface area contributed by atoms with E-state index in [1.54, 1.807) is 36.4 Å². The maximum atomic E-state index is 12.6. The van der Waals surface area contributed by atoms with Crippen LogP contribution in [0, 0.1) is 0 Å². The molecule has 0 unspecified atom stereocenters. The summed E-state index contributed by atoms with van der Waals surface area (Å²) in [7, 11) is 2.46. The summed E-state index contributed by atoms with van der Waals surface area (Å²) in [5.74, 6) is -1.22. The fourth-order valence-electron chi connectivity index (χ4n) is 3.18. The number of methoxy groups -OCH3 is 2. The lowest BCUT2D eigenvalue weighted by molar-refractivity contribution is -0.144. The number of nitrogens with one attached hydrogen (secondary N) is 2. The number of rotatable bonds is 10. The molecular weight excluding hydrogens is 504 g/mol. The van der Waals surface area contributed by atoms with E-state index in [2.05, 4.69) is 15.4 Å². The lowest BCUT2D eigenvalue weighted by Crippen LogP contribution is -2.41. The first-order chi connectivity index (χ1) is 17.3. The third kappa shape index (κ3) is 7.65. The van der Waals surface area contributed by atoms with Gasteiger partial charge in [-0.3, -0.25) is 14.4 Å². The summed E-state index contributed by atoms with van der Waals surface area (Å²) in [4.78, 5) is 48.3. The Balaban J connectivity index is 1.58. The molecule has 0 aliphatic carbocycles. The molecule has 1 heterocycles. The molecule has 9 nitrogen and oxygen atoms in total. The van der Waals surface area contributed by atoms with Gasteiger partial charge in [-0.15, -0.1) is 0 Å². The fraction of sp³-hybridized carbons (Fsp3) is 0.240. The van der Waals surface area contributed by atoms with Crippen LogP contribution in [0.4, 0.5) is 0 Å². The molecule has 0 spiro atoms. The lowest BCUT2D eigenvalue weighted by atomic mass is 10.1. The van der Waals surface area contributed by atoms with Crippen molar-refractivity contribution in [1.82, 2.24) is 10.6 Å². The fourth-order valence-corrected chi connectivity index (χ4v) is 4.23. The Morgan fingerprint density at radius 3 is 2.50 bits per heavy atom. The number of benzene rings is 2. The average Bonchev–Trinajstić information content (AvgIpc) is 3.20. The molecule has 2 aromatic rings. The summed E-state index contributed by atoms with van der Waals surface area (Å²) in [6.07, 6.45) is 1.76. The second-order valence-electron chi connectivity index (χ2n) is 7.57. The molecule has 2 amide bonds. The van der Waals surface area contributed by atoms with Crippen molar-refractivity contribution in [3.05, 3.63) is 70.1 Å². The molecule has 1 saturated heterocycles. The van der Waals surface area contributed by atoms with Gasteiger partial charge in [0.15, 0.2) is 0 Å². The maximum Gasteiger partial charge on any atom is 0.328 e. The van der Waals surface area contributed by atoms with Gasteiger partial charge in [0.25, 0.3) is 11.8 Å². The SMILES string of the molecule is COC(=O)CC[C@@H](NC(=O)c1ccc(COc2cccc(/C=C3\SC(=S)NC3=O)c2)cc1)C(=O)OC. The molecule has 2 N–H and O–H groups in total. The van der Waals surface area contributed by atoms with E-state index in [9.17, 15) is 19.2 Å². The van der Waals surface area contributed by atoms with Gasteiger partial charge in [0.1, 0.15) is 22.7 Å². The molecule has 11 heteroatoms. The Hall–Kier alpha value is -3.70. The third-order valence-corrected chi connectivity index (χ3v) is 6.24. The van der Waals surface area contributed by atoms with Crippen LogP contribution in [-0.4, -0.2) is 48.3 Å². The highest BCUT2D eigenvalue weighted by atomic mass is 32.2. The third-order valence-electron chi connectivity index (χ3n) is 5.08. The van der Waals surface area contributed by atoms with Crippen LogP contribution in [0.1, 0.15) is 34.3 Å². The van der Waals surface area contributed by atoms with E-state index in [0.29, 0.717) is 20.5 Å². The highest BCUT2D eigenvalue weighted by Gasteiger charge is 2.24. The Bertz CT molecular complexity index is 1200. The zero-order valence-corrected chi connectivity index (χ0v) is 21.2. The van der Waals surface area contributed by atoms with Crippen LogP contribution in [0.2, 0.25) is 0 Å². The van der Waals surface area contributed by atoms with E-state index in [-0.39, 0.29) is 25.4 Å². The molecular formula is C25H24N2O7S2. The molecule has 0 bridgehead atoms. The van der Waals surface area contributed by atoms with E-state index in [4.69, 9.17) is 21.7 Å². The molecule has 1 fully saturated rings. The normalized spacial score (nSPS) is 14.7. The zero-order chi connectivity index (χ0) is 26.1. The largest absolute Gasteiger partial charge is 0.489 e. The van der Waals surface area contributed by atoms with Crippen molar-refractivity contribution < 1.29 is 33.4 Å². The molecule has 2 aromatic carbocycles. The molecule has 3 rings (SSSR count). The van der Waals surface area contributed by atoms with Gasteiger partial charge in [0, 0.05) is 12.0 Å². The zero-order valence-electron chi connectivity index (χ0n) is 19.6. The minimum absolute atomic E-state index is 0.0371. The second-order valence-corrected chi connectivity index (χ2v) is 9.29. The van der Waals surface area contributed by atoms with E-state index in [1.165, 1.54) is 26.0 Å². The van der Waals surface area contributed by atoms with Crippen LogP contribution >= 0.6 is 24.0 Å². The Morgan fingerprint density at radius 2 is 1.86 bits per heavy atom. The van der Waals surface area contributed by atoms with Gasteiger partial charge in [-0.05, 0) is 47.9 Å². The first kappa shape index (κ1) is 26.9. The molecule has 0 aromatic heterocycles. The van der Waals surface area contributed by atoms with Gasteiger partial charge < -0.3 is 24.8 Å². The molecule has 36 heavy (non-hydrogen) atoms. The molecule has 1 atom stereocenters. The smallest absolute Gasteiger partial charge is 0.328 e. The average molecular weight is 529 g/mol. The van der Waals surface area contributed by atoms with E-state index in [0.717, 1.165) is 11.1 Å².